The smallest absolute Gasteiger partial charge is 0.252 e. The van der Waals surface area contributed by atoms with Crippen molar-refractivity contribution in [1.29, 1.82) is 0 Å². The van der Waals surface area contributed by atoms with Gasteiger partial charge in [0.15, 0.2) is 0 Å². The quantitative estimate of drug-likeness (QED) is 0.836. The Balaban J connectivity index is 2.32. The molecule has 1 aromatic carbocycles. The van der Waals surface area contributed by atoms with Gasteiger partial charge in [-0.3, -0.25) is 9.78 Å². The van der Waals surface area contributed by atoms with E-state index in [2.05, 4.69) is 10.3 Å². The summed E-state index contributed by atoms with van der Waals surface area (Å²) >= 11 is 0. The van der Waals surface area contributed by atoms with Crippen LogP contribution < -0.4 is 5.32 Å². The third kappa shape index (κ3) is 2.60. The molecule has 4 nitrogen and oxygen atoms in total. The molecular formula is C13H14N2O2. The Labute approximate surface area is 99.3 Å². The van der Waals surface area contributed by atoms with E-state index in [9.17, 15) is 4.79 Å². The minimum Gasteiger partial charge on any atom is -0.392 e. The number of carbonyl (C=O) groups excluding carboxylic acids is 1. The third-order valence-corrected chi connectivity index (χ3v) is 2.45. The van der Waals surface area contributed by atoms with Crippen molar-refractivity contribution in [2.24, 2.45) is 0 Å². The van der Waals surface area contributed by atoms with Gasteiger partial charge in [0.1, 0.15) is 0 Å². The van der Waals surface area contributed by atoms with Crippen molar-refractivity contribution in [2.45, 2.75) is 13.0 Å². The molecule has 2 N–H and O–H groups in total. The first-order valence-corrected chi connectivity index (χ1v) is 5.48. The van der Waals surface area contributed by atoms with E-state index >= 15 is 0 Å². The Morgan fingerprint density at radius 2 is 2.18 bits per heavy atom. The zero-order valence-electron chi connectivity index (χ0n) is 9.55. The number of aromatic nitrogens is 1. The normalized spacial score (nSPS) is 12.4. The van der Waals surface area contributed by atoms with Crippen molar-refractivity contribution in [3.63, 3.8) is 0 Å². The van der Waals surface area contributed by atoms with Crippen LogP contribution in [0.4, 0.5) is 0 Å². The van der Waals surface area contributed by atoms with Gasteiger partial charge in [-0.15, -0.1) is 0 Å². The molecule has 2 rings (SSSR count). The van der Waals surface area contributed by atoms with Crippen molar-refractivity contribution in [3.05, 3.63) is 42.1 Å². The third-order valence-electron chi connectivity index (χ3n) is 2.45. The molecule has 88 valence electrons. The van der Waals surface area contributed by atoms with Gasteiger partial charge in [0.25, 0.3) is 5.91 Å². The number of nitrogens with one attached hydrogen (secondary N) is 1. The van der Waals surface area contributed by atoms with Crippen molar-refractivity contribution >= 4 is 16.8 Å². The standard InChI is InChI=1S/C13H14N2O2/c1-9(16)8-15-13(17)11-6-7-14-12-5-3-2-4-10(11)12/h2-7,9,16H,8H2,1H3,(H,15,17)/t9-/m1/s1. The molecule has 0 bridgehead atoms. The topological polar surface area (TPSA) is 62.2 Å². The number of amides is 1. The molecule has 1 amide bonds. The highest BCUT2D eigenvalue weighted by molar-refractivity contribution is 6.05. The van der Waals surface area contributed by atoms with E-state index in [0.29, 0.717) is 5.56 Å². The highest BCUT2D eigenvalue weighted by atomic mass is 16.3. The highest BCUT2D eigenvalue weighted by Crippen LogP contribution is 2.15. The molecule has 0 spiro atoms. The number of para-hydroxylation sites is 1. The number of aliphatic hydroxyl groups excluding tert-OH is 1. The van der Waals surface area contributed by atoms with E-state index in [-0.39, 0.29) is 12.5 Å². The minimum absolute atomic E-state index is 0.190. The summed E-state index contributed by atoms with van der Waals surface area (Å²) in [7, 11) is 0. The monoisotopic (exact) mass is 230 g/mol. The van der Waals surface area contributed by atoms with Crippen LogP contribution in [0.25, 0.3) is 10.9 Å². The van der Waals surface area contributed by atoms with E-state index in [1.807, 2.05) is 24.3 Å². The second-order valence-electron chi connectivity index (χ2n) is 3.93. The lowest BCUT2D eigenvalue weighted by Gasteiger charge is -2.08. The van der Waals surface area contributed by atoms with E-state index in [1.54, 1.807) is 19.2 Å². The van der Waals surface area contributed by atoms with Crippen LogP contribution in [0, 0.1) is 0 Å². The Morgan fingerprint density at radius 3 is 2.94 bits per heavy atom. The summed E-state index contributed by atoms with van der Waals surface area (Å²) in [4.78, 5) is 16.1. The van der Waals surface area contributed by atoms with Gasteiger partial charge in [-0.05, 0) is 19.1 Å². The summed E-state index contributed by atoms with van der Waals surface area (Å²) < 4.78 is 0. The molecule has 1 aromatic heterocycles. The summed E-state index contributed by atoms with van der Waals surface area (Å²) in [6.07, 6.45) is 1.06. The maximum absolute atomic E-state index is 11.9. The molecule has 2 aromatic rings. The molecule has 1 heterocycles. The zero-order chi connectivity index (χ0) is 12.3. The van der Waals surface area contributed by atoms with Crippen LogP contribution in [0.3, 0.4) is 0 Å². The molecule has 1 atom stereocenters. The lowest BCUT2D eigenvalue weighted by Crippen LogP contribution is -2.30. The summed E-state index contributed by atoms with van der Waals surface area (Å²) in [5, 5.41) is 12.6. The lowest BCUT2D eigenvalue weighted by molar-refractivity contribution is 0.0925. The van der Waals surface area contributed by atoms with Crippen LogP contribution in [0.5, 0.6) is 0 Å². The van der Waals surface area contributed by atoms with Crippen LogP contribution >= 0.6 is 0 Å². The van der Waals surface area contributed by atoms with Gasteiger partial charge in [-0.25, -0.2) is 0 Å². The lowest BCUT2D eigenvalue weighted by atomic mass is 10.1. The van der Waals surface area contributed by atoms with Gasteiger partial charge >= 0.3 is 0 Å². The number of pyridine rings is 1. The molecule has 17 heavy (non-hydrogen) atoms. The second kappa shape index (κ2) is 4.93. The second-order valence-corrected chi connectivity index (χ2v) is 3.93. The average Bonchev–Trinajstić information content (AvgIpc) is 2.35. The Bertz CT molecular complexity index is 532. The van der Waals surface area contributed by atoms with Crippen molar-refractivity contribution in [3.8, 4) is 0 Å². The van der Waals surface area contributed by atoms with E-state index in [1.165, 1.54) is 0 Å². The maximum atomic E-state index is 11.9. The average molecular weight is 230 g/mol. The number of rotatable bonds is 3. The van der Waals surface area contributed by atoms with Gasteiger partial charge in [0.05, 0.1) is 17.2 Å². The molecule has 0 fully saturated rings. The summed E-state index contributed by atoms with van der Waals surface area (Å²) in [6, 6.07) is 9.16. The first-order chi connectivity index (χ1) is 8.18. The predicted molar refractivity (Wildman–Crippen MR) is 65.8 cm³/mol. The number of hydrogen-bond donors (Lipinski definition) is 2. The molecular weight excluding hydrogens is 216 g/mol. The van der Waals surface area contributed by atoms with Gasteiger partial charge < -0.3 is 10.4 Å². The van der Waals surface area contributed by atoms with E-state index < -0.39 is 6.10 Å². The van der Waals surface area contributed by atoms with Crippen LogP contribution in [0.2, 0.25) is 0 Å². The number of aliphatic hydroxyl groups is 1. The fourth-order valence-corrected chi connectivity index (χ4v) is 1.63. The van der Waals surface area contributed by atoms with Crippen LogP contribution in [-0.4, -0.2) is 28.6 Å². The molecule has 0 aliphatic carbocycles. The first-order valence-electron chi connectivity index (χ1n) is 5.48. The van der Waals surface area contributed by atoms with Gasteiger partial charge in [0, 0.05) is 18.1 Å². The summed E-state index contributed by atoms with van der Waals surface area (Å²) in [5.74, 6) is -0.190. The highest BCUT2D eigenvalue weighted by Gasteiger charge is 2.10. The number of fused-ring (bicyclic) bond motifs is 1. The molecule has 0 aliphatic rings. The summed E-state index contributed by atoms with van der Waals surface area (Å²) in [6.45, 7) is 1.88. The number of nitrogens with zero attached hydrogens (tertiary/aromatic N) is 1. The summed E-state index contributed by atoms with van der Waals surface area (Å²) in [5.41, 5.74) is 1.37. The molecule has 0 saturated carbocycles. The fourth-order valence-electron chi connectivity index (χ4n) is 1.63. The molecule has 0 radical (unpaired) electrons. The van der Waals surface area contributed by atoms with E-state index in [0.717, 1.165) is 10.9 Å². The molecule has 0 unspecified atom stereocenters. The molecule has 4 heteroatoms. The van der Waals surface area contributed by atoms with Crippen LogP contribution in [0.1, 0.15) is 17.3 Å². The zero-order valence-corrected chi connectivity index (χ0v) is 9.55. The predicted octanol–water partition coefficient (Wildman–Crippen LogP) is 1.35. The van der Waals surface area contributed by atoms with Crippen LogP contribution in [-0.2, 0) is 0 Å². The largest absolute Gasteiger partial charge is 0.392 e. The first kappa shape index (κ1) is 11.5. The minimum atomic E-state index is -0.549. The van der Waals surface area contributed by atoms with Crippen LogP contribution in [0.15, 0.2) is 36.5 Å². The molecule has 0 saturated heterocycles. The Morgan fingerprint density at radius 1 is 1.41 bits per heavy atom. The maximum Gasteiger partial charge on any atom is 0.252 e. The Kier molecular flexibility index (Phi) is 3.35. The molecule has 0 aliphatic heterocycles. The van der Waals surface area contributed by atoms with Gasteiger partial charge in [-0.2, -0.15) is 0 Å². The Hall–Kier alpha value is -1.94. The number of carbonyl (C=O) groups is 1. The van der Waals surface area contributed by atoms with Crippen molar-refractivity contribution < 1.29 is 9.90 Å². The van der Waals surface area contributed by atoms with E-state index in [4.69, 9.17) is 5.11 Å². The SMILES string of the molecule is C[C@@H](O)CNC(=O)c1ccnc2ccccc12. The van der Waals surface area contributed by atoms with Gasteiger partial charge in [-0.1, -0.05) is 18.2 Å². The van der Waals surface area contributed by atoms with Crippen molar-refractivity contribution in [2.75, 3.05) is 6.54 Å². The fraction of sp³-hybridized carbons (Fsp3) is 0.231. The number of hydrogen-bond acceptors (Lipinski definition) is 3. The van der Waals surface area contributed by atoms with Gasteiger partial charge in [0.2, 0.25) is 0 Å². The number of benzene rings is 1. The van der Waals surface area contributed by atoms with Crippen molar-refractivity contribution in [1.82, 2.24) is 10.3 Å².